The standard InChI is InChI=1S/C22H22FN5O/c1-13-4-3-5-18(14(13)2)27-11-10-17-19(21(27)29)20(15-6-8-16(23)9-7-15)28-22(26-17)24-12-25-28/h6-14,18H,3-5H2,1-2H3/t13-,14+,18+/m1/s1. The molecule has 3 heterocycles. The molecular weight excluding hydrogens is 369 g/mol. The van der Waals surface area contributed by atoms with Gasteiger partial charge in [-0.05, 0) is 48.6 Å². The SMILES string of the molecule is C[C@H]1[C@H](C)CCC[C@@H]1n1ccc2nc3ncnn3c(-c3ccc(F)cc3)c2c1=O. The fraction of sp³-hybridized carbons (Fsp3) is 0.364. The maximum atomic E-state index is 13.7. The van der Waals surface area contributed by atoms with Crippen molar-refractivity contribution in [1.29, 1.82) is 0 Å². The van der Waals surface area contributed by atoms with Crippen molar-refractivity contribution in [3.05, 3.63) is 59.0 Å². The van der Waals surface area contributed by atoms with Crippen LogP contribution in [0.4, 0.5) is 4.39 Å². The Balaban J connectivity index is 1.82. The Morgan fingerprint density at radius 3 is 2.69 bits per heavy atom. The zero-order valence-electron chi connectivity index (χ0n) is 16.4. The first-order valence-corrected chi connectivity index (χ1v) is 10.0. The number of nitrogens with zero attached hydrogens (tertiary/aromatic N) is 5. The fourth-order valence-electron chi connectivity index (χ4n) is 4.62. The number of fused-ring (bicyclic) bond motifs is 2. The molecule has 29 heavy (non-hydrogen) atoms. The summed E-state index contributed by atoms with van der Waals surface area (Å²) in [5, 5.41) is 4.77. The van der Waals surface area contributed by atoms with Crippen molar-refractivity contribution in [3.63, 3.8) is 0 Å². The molecule has 0 radical (unpaired) electrons. The van der Waals surface area contributed by atoms with E-state index in [4.69, 9.17) is 0 Å². The molecular formula is C22H22FN5O. The fourth-order valence-corrected chi connectivity index (χ4v) is 4.62. The molecule has 1 aromatic carbocycles. The maximum absolute atomic E-state index is 13.7. The minimum Gasteiger partial charge on any atom is -0.311 e. The van der Waals surface area contributed by atoms with Crippen LogP contribution < -0.4 is 5.56 Å². The number of aromatic nitrogens is 5. The second-order valence-corrected chi connectivity index (χ2v) is 8.06. The van der Waals surface area contributed by atoms with E-state index < -0.39 is 0 Å². The summed E-state index contributed by atoms with van der Waals surface area (Å²) in [6.45, 7) is 4.48. The highest BCUT2D eigenvalue weighted by atomic mass is 19.1. The summed E-state index contributed by atoms with van der Waals surface area (Å²) in [6, 6.07) is 8.13. The van der Waals surface area contributed by atoms with Crippen molar-refractivity contribution < 1.29 is 4.39 Å². The van der Waals surface area contributed by atoms with E-state index in [0.29, 0.717) is 39.8 Å². The second kappa shape index (κ2) is 6.76. The molecule has 3 aromatic heterocycles. The van der Waals surface area contributed by atoms with Gasteiger partial charge in [-0.15, -0.1) is 0 Å². The van der Waals surface area contributed by atoms with Crippen molar-refractivity contribution >= 4 is 16.7 Å². The Labute approximate surface area is 167 Å². The van der Waals surface area contributed by atoms with Crippen molar-refractivity contribution in [2.75, 3.05) is 0 Å². The van der Waals surface area contributed by atoms with Crippen LogP contribution in [0, 0.1) is 17.7 Å². The number of benzene rings is 1. The summed E-state index contributed by atoms with van der Waals surface area (Å²) in [6.07, 6.45) is 6.57. The number of hydrogen-bond donors (Lipinski definition) is 0. The Morgan fingerprint density at radius 2 is 1.90 bits per heavy atom. The molecule has 1 saturated carbocycles. The molecule has 4 aromatic rings. The summed E-state index contributed by atoms with van der Waals surface area (Å²) in [5.41, 5.74) is 1.79. The first kappa shape index (κ1) is 18.0. The van der Waals surface area contributed by atoms with E-state index in [2.05, 4.69) is 28.9 Å². The van der Waals surface area contributed by atoms with Gasteiger partial charge >= 0.3 is 0 Å². The number of hydrogen-bond acceptors (Lipinski definition) is 4. The molecule has 7 heteroatoms. The van der Waals surface area contributed by atoms with Crippen LogP contribution in [-0.4, -0.2) is 24.1 Å². The highest BCUT2D eigenvalue weighted by Gasteiger charge is 2.30. The average molecular weight is 391 g/mol. The number of rotatable bonds is 2. The molecule has 0 spiro atoms. The van der Waals surface area contributed by atoms with Crippen LogP contribution in [0.15, 0.2) is 47.7 Å². The zero-order valence-corrected chi connectivity index (χ0v) is 16.4. The quantitative estimate of drug-likeness (QED) is 0.513. The maximum Gasteiger partial charge on any atom is 0.262 e. The van der Waals surface area contributed by atoms with Crippen LogP contribution in [0.5, 0.6) is 0 Å². The van der Waals surface area contributed by atoms with Gasteiger partial charge in [0.25, 0.3) is 11.3 Å². The molecule has 0 saturated heterocycles. The van der Waals surface area contributed by atoms with Gasteiger partial charge in [0, 0.05) is 17.8 Å². The van der Waals surface area contributed by atoms with Crippen molar-refractivity contribution in [2.24, 2.45) is 11.8 Å². The lowest BCUT2D eigenvalue weighted by molar-refractivity contribution is 0.183. The van der Waals surface area contributed by atoms with E-state index in [0.717, 1.165) is 12.8 Å². The van der Waals surface area contributed by atoms with E-state index >= 15 is 0 Å². The first-order chi connectivity index (χ1) is 14.0. The second-order valence-electron chi connectivity index (χ2n) is 8.06. The number of pyridine rings is 1. The lowest BCUT2D eigenvalue weighted by Crippen LogP contribution is -2.33. The van der Waals surface area contributed by atoms with Crippen molar-refractivity contribution in [1.82, 2.24) is 24.1 Å². The van der Waals surface area contributed by atoms with E-state index in [1.807, 2.05) is 16.8 Å². The molecule has 1 aliphatic carbocycles. The van der Waals surface area contributed by atoms with Crippen LogP contribution in [0.2, 0.25) is 0 Å². The van der Waals surface area contributed by atoms with E-state index in [1.165, 1.54) is 24.9 Å². The Bertz CT molecular complexity index is 1260. The largest absolute Gasteiger partial charge is 0.311 e. The average Bonchev–Trinajstić information content (AvgIpc) is 3.18. The van der Waals surface area contributed by atoms with Crippen LogP contribution in [0.25, 0.3) is 27.9 Å². The van der Waals surface area contributed by atoms with Crippen molar-refractivity contribution in [2.45, 2.75) is 39.2 Å². The number of halogens is 1. The molecule has 5 rings (SSSR count). The first-order valence-electron chi connectivity index (χ1n) is 10.0. The lowest BCUT2D eigenvalue weighted by Gasteiger charge is -2.35. The highest BCUT2D eigenvalue weighted by Crippen LogP contribution is 2.37. The van der Waals surface area contributed by atoms with Crippen LogP contribution in [0.1, 0.15) is 39.2 Å². The Morgan fingerprint density at radius 1 is 1.10 bits per heavy atom. The Kier molecular flexibility index (Phi) is 4.19. The van der Waals surface area contributed by atoms with Gasteiger partial charge in [0.1, 0.15) is 12.1 Å². The Hall–Kier alpha value is -3.09. The van der Waals surface area contributed by atoms with Crippen LogP contribution >= 0.6 is 0 Å². The molecule has 0 aliphatic heterocycles. The third-order valence-corrected chi connectivity index (χ3v) is 6.44. The predicted octanol–water partition coefficient (Wildman–Crippen LogP) is 4.24. The molecule has 0 bridgehead atoms. The zero-order chi connectivity index (χ0) is 20.1. The molecule has 6 nitrogen and oxygen atoms in total. The van der Waals surface area contributed by atoms with E-state index in [1.54, 1.807) is 16.6 Å². The van der Waals surface area contributed by atoms with Gasteiger partial charge in [0.2, 0.25) is 0 Å². The molecule has 1 aliphatic rings. The summed E-state index contributed by atoms with van der Waals surface area (Å²) >= 11 is 0. The third kappa shape index (κ3) is 2.84. The summed E-state index contributed by atoms with van der Waals surface area (Å²) in [4.78, 5) is 22.4. The molecule has 1 fully saturated rings. The summed E-state index contributed by atoms with van der Waals surface area (Å²) < 4.78 is 16.9. The van der Waals surface area contributed by atoms with Gasteiger partial charge in [-0.1, -0.05) is 26.7 Å². The van der Waals surface area contributed by atoms with Gasteiger partial charge in [-0.25, -0.2) is 9.37 Å². The van der Waals surface area contributed by atoms with Gasteiger partial charge in [0.05, 0.1) is 16.6 Å². The van der Waals surface area contributed by atoms with Gasteiger partial charge in [-0.3, -0.25) is 4.79 Å². The smallest absolute Gasteiger partial charge is 0.262 e. The third-order valence-electron chi connectivity index (χ3n) is 6.44. The van der Waals surface area contributed by atoms with Crippen molar-refractivity contribution in [3.8, 4) is 11.3 Å². The van der Waals surface area contributed by atoms with E-state index in [9.17, 15) is 9.18 Å². The lowest BCUT2D eigenvalue weighted by atomic mass is 9.78. The van der Waals surface area contributed by atoms with Crippen LogP contribution in [0.3, 0.4) is 0 Å². The van der Waals surface area contributed by atoms with Gasteiger partial charge < -0.3 is 4.57 Å². The summed E-state index contributed by atoms with van der Waals surface area (Å²) in [7, 11) is 0. The monoisotopic (exact) mass is 391 g/mol. The molecule has 0 N–H and O–H groups in total. The highest BCUT2D eigenvalue weighted by molar-refractivity contribution is 5.93. The van der Waals surface area contributed by atoms with Gasteiger partial charge in [0.15, 0.2) is 0 Å². The predicted molar refractivity (Wildman–Crippen MR) is 109 cm³/mol. The summed E-state index contributed by atoms with van der Waals surface area (Å²) in [5.74, 6) is 1.07. The topological polar surface area (TPSA) is 65.1 Å². The molecule has 0 unspecified atom stereocenters. The molecule has 0 amide bonds. The van der Waals surface area contributed by atoms with E-state index in [-0.39, 0.29) is 17.4 Å². The normalized spacial score (nSPS) is 22.4. The van der Waals surface area contributed by atoms with Crippen LogP contribution in [-0.2, 0) is 0 Å². The van der Waals surface area contributed by atoms with Gasteiger partial charge in [-0.2, -0.15) is 14.6 Å². The molecule has 148 valence electrons. The molecule has 3 atom stereocenters. The minimum atomic E-state index is -0.329. The minimum absolute atomic E-state index is 0.0855.